The van der Waals surface area contributed by atoms with E-state index in [1.807, 2.05) is 17.5 Å². The lowest BCUT2D eigenvalue weighted by Gasteiger charge is -2.11. The van der Waals surface area contributed by atoms with Crippen molar-refractivity contribution in [2.75, 3.05) is 7.11 Å². The Hall–Kier alpha value is -2.97. The van der Waals surface area contributed by atoms with Gasteiger partial charge >= 0.3 is 0 Å². The molecular weight excluding hydrogens is 458 g/mol. The number of thiophene rings is 1. The zero-order valence-corrected chi connectivity index (χ0v) is 17.7. The predicted octanol–water partition coefficient (Wildman–Crippen LogP) is 5.90. The highest BCUT2D eigenvalue weighted by atomic mass is 79.9. The molecule has 8 heteroatoms. The fourth-order valence-electron chi connectivity index (χ4n) is 2.54. The molecule has 0 bridgehead atoms. The number of halogens is 1. The molecule has 1 heterocycles. The molecule has 3 rings (SSSR count). The van der Waals surface area contributed by atoms with Crippen molar-refractivity contribution in [2.45, 2.75) is 6.61 Å². The molecule has 0 N–H and O–H groups in total. The maximum absolute atomic E-state index is 12.2. The number of hydrogen-bond acceptors (Lipinski definition) is 6. The van der Waals surface area contributed by atoms with Crippen LogP contribution in [0.15, 0.2) is 64.5 Å². The van der Waals surface area contributed by atoms with E-state index in [4.69, 9.17) is 9.47 Å². The average Bonchev–Trinajstić information content (AvgIpc) is 3.17. The molecule has 2 aromatic carbocycles. The van der Waals surface area contributed by atoms with Crippen LogP contribution in [0.3, 0.4) is 0 Å². The van der Waals surface area contributed by atoms with Gasteiger partial charge in [-0.3, -0.25) is 14.9 Å². The van der Waals surface area contributed by atoms with Gasteiger partial charge in [0.1, 0.15) is 18.1 Å². The summed E-state index contributed by atoms with van der Waals surface area (Å²) in [7, 11) is 1.57. The number of carbonyl (C=O) groups excluding carboxylic acids is 1. The predicted molar refractivity (Wildman–Crippen MR) is 116 cm³/mol. The fraction of sp³-hybridized carbons (Fsp3) is 0.0952. The van der Waals surface area contributed by atoms with Gasteiger partial charge in [-0.2, -0.15) is 0 Å². The van der Waals surface area contributed by atoms with Crippen molar-refractivity contribution in [3.63, 3.8) is 0 Å². The Morgan fingerprint density at radius 3 is 2.59 bits per heavy atom. The van der Waals surface area contributed by atoms with E-state index >= 15 is 0 Å². The minimum atomic E-state index is -0.460. The highest BCUT2D eigenvalue weighted by Crippen LogP contribution is 2.25. The SMILES string of the molecule is COc1ccc(/C=C/C(=O)c2cc(Br)cs2)cc1COc1ccc([N+](=O)[O-])cc1. The van der Waals surface area contributed by atoms with Crippen molar-refractivity contribution in [1.29, 1.82) is 0 Å². The van der Waals surface area contributed by atoms with Gasteiger partial charge in [-0.05, 0) is 57.9 Å². The third-order valence-electron chi connectivity index (χ3n) is 3.98. The van der Waals surface area contributed by atoms with Crippen LogP contribution >= 0.6 is 27.3 Å². The summed E-state index contributed by atoms with van der Waals surface area (Å²) in [5.41, 5.74) is 1.63. The van der Waals surface area contributed by atoms with Crippen LogP contribution < -0.4 is 9.47 Å². The molecule has 0 aliphatic rings. The molecule has 0 aliphatic heterocycles. The molecule has 0 spiro atoms. The number of ketones is 1. The summed E-state index contributed by atoms with van der Waals surface area (Å²) in [6, 6.07) is 13.2. The summed E-state index contributed by atoms with van der Waals surface area (Å²) in [5, 5.41) is 12.6. The second-order valence-electron chi connectivity index (χ2n) is 5.94. The topological polar surface area (TPSA) is 78.7 Å². The lowest BCUT2D eigenvalue weighted by atomic mass is 10.1. The van der Waals surface area contributed by atoms with E-state index in [0.717, 1.165) is 15.6 Å². The quantitative estimate of drug-likeness (QED) is 0.176. The Balaban J connectivity index is 1.72. The second kappa shape index (κ2) is 9.49. The minimum Gasteiger partial charge on any atom is -0.496 e. The van der Waals surface area contributed by atoms with Gasteiger partial charge in [0, 0.05) is 27.5 Å². The van der Waals surface area contributed by atoms with Crippen molar-refractivity contribution in [3.8, 4) is 11.5 Å². The lowest BCUT2D eigenvalue weighted by Crippen LogP contribution is -1.99. The fourth-order valence-corrected chi connectivity index (χ4v) is 3.88. The lowest BCUT2D eigenvalue weighted by molar-refractivity contribution is -0.384. The molecule has 0 atom stereocenters. The highest BCUT2D eigenvalue weighted by molar-refractivity contribution is 9.10. The first-order valence-electron chi connectivity index (χ1n) is 8.47. The number of rotatable bonds is 8. The first kappa shape index (κ1) is 20.8. The molecule has 0 saturated carbocycles. The molecule has 3 aromatic rings. The smallest absolute Gasteiger partial charge is 0.269 e. The van der Waals surface area contributed by atoms with E-state index in [9.17, 15) is 14.9 Å². The van der Waals surface area contributed by atoms with E-state index in [1.54, 1.807) is 37.5 Å². The van der Waals surface area contributed by atoms with E-state index in [0.29, 0.717) is 16.4 Å². The maximum Gasteiger partial charge on any atom is 0.269 e. The van der Waals surface area contributed by atoms with Crippen molar-refractivity contribution >= 4 is 44.8 Å². The highest BCUT2D eigenvalue weighted by Gasteiger charge is 2.08. The molecule has 0 unspecified atom stereocenters. The molecule has 0 fully saturated rings. The Morgan fingerprint density at radius 1 is 1.21 bits per heavy atom. The number of ether oxygens (including phenoxy) is 2. The molecule has 0 amide bonds. The van der Waals surface area contributed by atoms with Gasteiger partial charge in [-0.25, -0.2) is 0 Å². The van der Waals surface area contributed by atoms with E-state index < -0.39 is 4.92 Å². The number of nitrogens with zero attached hydrogens (tertiary/aromatic N) is 1. The molecule has 0 saturated heterocycles. The van der Waals surface area contributed by atoms with Crippen LogP contribution in [-0.4, -0.2) is 17.8 Å². The van der Waals surface area contributed by atoms with Crippen LogP contribution in [-0.2, 0) is 6.61 Å². The number of allylic oxidation sites excluding steroid dienone is 1. The first-order valence-corrected chi connectivity index (χ1v) is 10.1. The summed E-state index contributed by atoms with van der Waals surface area (Å²) in [5.74, 6) is 1.09. The Kier molecular flexibility index (Phi) is 6.79. The number of nitro groups is 1. The van der Waals surface area contributed by atoms with E-state index in [1.165, 1.54) is 29.5 Å². The summed E-state index contributed by atoms with van der Waals surface area (Å²) in [6.45, 7) is 0.217. The molecule has 148 valence electrons. The maximum atomic E-state index is 12.2. The standard InChI is InChI=1S/C21H16BrNO5S/c1-27-20-9-3-14(2-8-19(24)21-11-16(22)13-29-21)10-15(20)12-28-18-6-4-17(5-7-18)23(25)26/h2-11,13H,12H2,1H3/b8-2+. The zero-order chi connectivity index (χ0) is 20.8. The van der Waals surface area contributed by atoms with Crippen molar-refractivity contribution in [3.05, 3.63) is 90.6 Å². The first-order chi connectivity index (χ1) is 14.0. The van der Waals surface area contributed by atoms with Gasteiger partial charge < -0.3 is 9.47 Å². The van der Waals surface area contributed by atoms with Crippen LogP contribution in [0.5, 0.6) is 11.5 Å². The summed E-state index contributed by atoms with van der Waals surface area (Å²) in [4.78, 5) is 23.2. The number of non-ortho nitro benzene ring substituents is 1. The monoisotopic (exact) mass is 473 g/mol. The van der Waals surface area contributed by atoms with Gasteiger partial charge in [0.2, 0.25) is 0 Å². The van der Waals surface area contributed by atoms with Gasteiger partial charge in [0.05, 0.1) is 16.9 Å². The number of methoxy groups -OCH3 is 1. The van der Waals surface area contributed by atoms with Crippen LogP contribution in [0.2, 0.25) is 0 Å². The summed E-state index contributed by atoms with van der Waals surface area (Å²) in [6.07, 6.45) is 3.27. The Bertz CT molecular complexity index is 1060. The minimum absolute atomic E-state index is 0.00417. The van der Waals surface area contributed by atoms with Gasteiger partial charge in [0.25, 0.3) is 5.69 Å². The van der Waals surface area contributed by atoms with Gasteiger partial charge in [0.15, 0.2) is 5.78 Å². The van der Waals surface area contributed by atoms with Crippen LogP contribution in [0, 0.1) is 10.1 Å². The molecule has 29 heavy (non-hydrogen) atoms. The summed E-state index contributed by atoms with van der Waals surface area (Å²) < 4.78 is 12.0. The van der Waals surface area contributed by atoms with Crippen molar-refractivity contribution in [2.24, 2.45) is 0 Å². The van der Waals surface area contributed by atoms with Gasteiger partial charge in [-0.1, -0.05) is 12.1 Å². The third-order valence-corrected chi connectivity index (χ3v) is 5.69. The number of nitro benzene ring substituents is 1. The van der Waals surface area contributed by atoms with Crippen molar-refractivity contribution < 1.29 is 19.2 Å². The van der Waals surface area contributed by atoms with Crippen molar-refractivity contribution in [1.82, 2.24) is 0 Å². The van der Waals surface area contributed by atoms with E-state index in [-0.39, 0.29) is 18.1 Å². The normalized spacial score (nSPS) is 10.8. The molecule has 1 aromatic heterocycles. The number of carbonyl (C=O) groups is 1. The molecule has 0 aliphatic carbocycles. The number of benzene rings is 2. The summed E-state index contributed by atoms with van der Waals surface area (Å²) >= 11 is 4.72. The van der Waals surface area contributed by atoms with Crippen LogP contribution in [0.25, 0.3) is 6.08 Å². The van der Waals surface area contributed by atoms with Crippen LogP contribution in [0.1, 0.15) is 20.8 Å². The molecule has 6 nitrogen and oxygen atoms in total. The van der Waals surface area contributed by atoms with Gasteiger partial charge in [-0.15, -0.1) is 11.3 Å². The molecule has 0 radical (unpaired) electrons. The largest absolute Gasteiger partial charge is 0.496 e. The van der Waals surface area contributed by atoms with Crippen LogP contribution in [0.4, 0.5) is 5.69 Å². The number of hydrogen-bond donors (Lipinski definition) is 0. The third kappa shape index (κ3) is 5.52. The second-order valence-corrected chi connectivity index (χ2v) is 7.76. The Labute approximate surface area is 179 Å². The Morgan fingerprint density at radius 2 is 1.97 bits per heavy atom. The average molecular weight is 474 g/mol. The molecular formula is C21H16BrNO5S. The van der Waals surface area contributed by atoms with E-state index in [2.05, 4.69) is 15.9 Å². The zero-order valence-electron chi connectivity index (χ0n) is 15.3.